The number of amides is 2. The molecule has 7 nitrogen and oxygen atoms in total. The molecule has 0 aliphatic rings. The third kappa shape index (κ3) is 6.95. The first-order chi connectivity index (χ1) is 17.9. The van der Waals surface area contributed by atoms with Crippen LogP contribution < -0.4 is 9.62 Å². The normalized spacial score (nSPS) is 12.1. The lowest BCUT2D eigenvalue weighted by Crippen LogP contribution is -2.51. The molecule has 1 atom stereocenters. The van der Waals surface area contributed by atoms with E-state index in [0.29, 0.717) is 22.8 Å². The zero-order chi connectivity index (χ0) is 28.0. The van der Waals surface area contributed by atoms with E-state index in [-0.39, 0.29) is 17.3 Å². The summed E-state index contributed by atoms with van der Waals surface area (Å²) in [5.74, 6) is -0.855. The van der Waals surface area contributed by atoms with Gasteiger partial charge in [0.2, 0.25) is 11.8 Å². The summed E-state index contributed by atoms with van der Waals surface area (Å²) in [4.78, 5) is 28.1. The molecule has 0 bridgehead atoms. The summed E-state index contributed by atoms with van der Waals surface area (Å²) in [6.07, 6.45) is 0. The van der Waals surface area contributed by atoms with Crippen LogP contribution in [0.2, 0.25) is 5.02 Å². The van der Waals surface area contributed by atoms with E-state index in [0.717, 1.165) is 19.9 Å². The van der Waals surface area contributed by atoms with E-state index in [1.165, 1.54) is 17.0 Å². The average Bonchev–Trinajstić information content (AvgIpc) is 2.88. The van der Waals surface area contributed by atoms with E-state index in [1.54, 1.807) is 51.1 Å². The van der Waals surface area contributed by atoms with E-state index in [2.05, 4.69) is 21.2 Å². The molecule has 0 fully saturated rings. The molecule has 0 saturated heterocycles. The largest absolute Gasteiger partial charge is 0.355 e. The van der Waals surface area contributed by atoms with Crippen LogP contribution in [0.1, 0.15) is 30.5 Å². The molecule has 38 heavy (non-hydrogen) atoms. The van der Waals surface area contributed by atoms with Crippen LogP contribution in [0.25, 0.3) is 0 Å². The Kier molecular flexibility index (Phi) is 9.98. The Morgan fingerprint density at radius 3 is 2.24 bits per heavy atom. The summed E-state index contributed by atoms with van der Waals surface area (Å²) < 4.78 is 29.7. The van der Waals surface area contributed by atoms with E-state index in [4.69, 9.17) is 11.6 Å². The van der Waals surface area contributed by atoms with Crippen molar-refractivity contribution in [2.24, 2.45) is 0 Å². The Balaban J connectivity index is 2.07. The monoisotopic (exact) mass is 619 g/mol. The highest BCUT2D eigenvalue weighted by molar-refractivity contribution is 9.10. The van der Waals surface area contributed by atoms with Gasteiger partial charge in [0.1, 0.15) is 12.6 Å². The second kappa shape index (κ2) is 12.8. The number of hydrogen-bond donors (Lipinski definition) is 1. The molecule has 0 aromatic heterocycles. The van der Waals surface area contributed by atoms with Crippen LogP contribution in [0.3, 0.4) is 0 Å². The Bertz CT molecular complexity index is 1400. The van der Waals surface area contributed by atoms with Gasteiger partial charge >= 0.3 is 0 Å². The predicted molar refractivity (Wildman–Crippen MR) is 155 cm³/mol. The van der Waals surface area contributed by atoms with Gasteiger partial charge in [-0.1, -0.05) is 63.4 Å². The molecule has 0 radical (unpaired) electrons. The molecule has 0 unspecified atom stereocenters. The van der Waals surface area contributed by atoms with Gasteiger partial charge < -0.3 is 10.2 Å². The SMILES string of the molecule is CCNC(=O)[C@@H](C)N(Cc1ccc(Br)cc1)C(=O)CN(c1cccc(Cl)c1C)S(=O)(=O)c1ccc(C)cc1. The number of sulfonamides is 1. The van der Waals surface area contributed by atoms with Crippen LogP contribution in [0.15, 0.2) is 76.1 Å². The van der Waals surface area contributed by atoms with Crippen molar-refractivity contribution in [3.05, 3.63) is 92.9 Å². The summed E-state index contributed by atoms with van der Waals surface area (Å²) in [5.41, 5.74) is 2.51. The molecule has 3 aromatic carbocycles. The quantitative estimate of drug-likeness (QED) is 0.326. The Morgan fingerprint density at radius 2 is 1.63 bits per heavy atom. The standard InChI is InChI=1S/C28H31BrClN3O4S/c1-5-31-28(35)21(4)32(17-22-11-13-23(29)14-12-22)27(34)18-33(26-8-6-7-25(30)20(26)3)38(36,37)24-15-9-19(2)10-16-24/h6-16,21H,5,17-18H2,1-4H3,(H,31,35)/t21-/m1/s1. The van der Waals surface area contributed by atoms with Crippen molar-refractivity contribution in [1.29, 1.82) is 0 Å². The van der Waals surface area contributed by atoms with Crippen molar-refractivity contribution < 1.29 is 18.0 Å². The molecule has 0 spiro atoms. The maximum absolute atomic E-state index is 13.9. The molecule has 3 rings (SSSR count). The zero-order valence-corrected chi connectivity index (χ0v) is 24.9. The van der Waals surface area contributed by atoms with Crippen LogP contribution in [0, 0.1) is 13.8 Å². The minimum Gasteiger partial charge on any atom is -0.355 e. The predicted octanol–water partition coefficient (Wildman–Crippen LogP) is 5.47. The topological polar surface area (TPSA) is 86.8 Å². The highest BCUT2D eigenvalue weighted by atomic mass is 79.9. The number of likely N-dealkylation sites (N-methyl/N-ethyl adjacent to an activating group) is 1. The fourth-order valence-corrected chi connectivity index (χ4v) is 5.81. The van der Waals surface area contributed by atoms with E-state index in [9.17, 15) is 18.0 Å². The summed E-state index contributed by atoms with van der Waals surface area (Å²) in [5, 5.41) is 3.13. The molecule has 2 amide bonds. The lowest BCUT2D eigenvalue weighted by atomic mass is 10.1. The van der Waals surface area contributed by atoms with Gasteiger partial charge in [0.15, 0.2) is 0 Å². The Morgan fingerprint density at radius 1 is 1.00 bits per heavy atom. The number of aryl methyl sites for hydroxylation is 1. The van der Waals surface area contributed by atoms with Crippen molar-refractivity contribution in [1.82, 2.24) is 10.2 Å². The summed E-state index contributed by atoms with van der Waals surface area (Å²) in [7, 11) is -4.15. The second-order valence-electron chi connectivity index (χ2n) is 8.93. The molecule has 0 aliphatic heterocycles. The smallest absolute Gasteiger partial charge is 0.264 e. The van der Waals surface area contributed by atoms with Crippen LogP contribution in [-0.2, 0) is 26.2 Å². The summed E-state index contributed by atoms with van der Waals surface area (Å²) >= 11 is 9.75. The first kappa shape index (κ1) is 29.7. The highest BCUT2D eigenvalue weighted by Crippen LogP contribution is 2.31. The third-order valence-corrected chi connectivity index (χ3v) is 8.89. The Hall–Kier alpha value is -2.88. The number of benzene rings is 3. The van der Waals surface area contributed by atoms with Crippen LogP contribution in [0.5, 0.6) is 0 Å². The van der Waals surface area contributed by atoms with Crippen molar-refractivity contribution in [2.45, 2.75) is 45.2 Å². The van der Waals surface area contributed by atoms with Gasteiger partial charge in [-0.3, -0.25) is 13.9 Å². The first-order valence-corrected chi connectivity index (χ1v) is 14.7. The van der Waals surface area contributed by atoms with Crippen molar-refractivity contribution in [3.8, 4) is 0 Å². The molecule has 0 aliphatic carbocycles. The summed E-state index contributed by atoms with van der Waals surface area (Å²) in [6.45, 7) is 7.00. The maximum Gasteiger partial charge on any atom is 0.264 e. The number of nitrogens with one attached hydrogen (secondary N) is 1. The minimum absolute atomic E-state index is 0.0477. The number of carbonyl (C=O) groups excluding carboxylic acids is 2. The zero-order valence-electron chi connectivity index (χ0n) is 21.7. The first-order valence-electron chi connectivity index (χ1n) is 12.1. The molecule has 10 heteroatoms. The lowest BCUT2D eigenvalue weighted by Gasteiger charge is -2.32. The van der Waals surface area contributed by atoms with Gasteiger partial charge in [0.05, 0.1) is 10.6 Å². The molecule has 202 valence electrons. The second-order valence-corrected chi connectivity index (χ2v) is 12.1. The molecule has 0 saturated carbocycles. The molecule has 3 aromatic rings. The minimum atomic E-state index is -4.15. The lowest BCUT2D eigenvalue weighted by molar-refractivity contribution is -0.139. The third-order valence-electron chi connectivity index (χ3n) is 6.18. The number of anilines is 1. The molecular weight excluding hydrogens is 590 g/mol. The van der Waals surface area contributed by atoms with Crippen LogP contribution in [-0.4, -0.2) is 44.3 Å². The number of nitrogens with zero attached hydrogens (tertiary/aromatic N) is 2. The van der Waals surface area contributed by atoms with Gasteiger partial charge in [-0.2, -0.15) is 0 Å². The summed E-state index contributed by atoms with van der Waals surface area (Å²) in [6, 6.07) is 17.9. The van der Waals surface area contributed by atoms with Gasteiger partial charge in [0, 0.05) is 22.6 Å². The number of hydrogen-bond acceptors (Lipinski definition) is 4. The van der Waals surface area contributed by atoms with Gasteiger partial charge in [0.25, 0.3) is 10.0 Å². The fraction of sp³-hybridized carbons (Fsp3) is 0.286. The van der Waals surface area contributed by atoms with Crippen molar-refractivity contribution >= 4 is 55.1 Å². The van der Waals surface area contributed by atoms with E-state index < -0.39 is 28.5 Å². The van der Waals surface area contributed by atoms with Gasteiger partial charge in [-0.25, -0.2) is 8.42 Å². The van der Waals surface area contributed by atoms with Crippen LogP contribution >= 0.6 is 27.5 Å². The van der Waals surface area contributed by atoms with Crippen molar-refractivity contribution in [3.63, 3.8) is 0 Å². The van der Waals surface area contributed by atoms with E-state index in [1.807, 2.05) is 31.2 Å². The maximum atomic E-state index is 13.9. The Labute approximate surface area is 238 Å². The number of carbonyl (C=O) groups is 2. The van der Waals surface area contributed by atoms with E-state index >= 15 is 0 Å². The van der Waals surface area contributed by atoms with Crippen LogP contribution in [0.4, 0.5) is 5.69 Å². The van der Waals surface area contributed by atoms with Crippen molar-refractivity contribution in [2.75, 3.05) is 17.4 Å². The van der Waals surface area contributed by atoms with Gasteiger partial charge in [-0.05, 0) is 75.2 Å². The fourth-order valence-electron chi connectivity index (χ4n) is 3.91. The van der Waals surface area contributed by atoms with Gasteiger partial charge in [-0.15, -0.1) is 0 Å². The molecular formula is C28H31BrClN3O4S. The average molecular weight is 621 g/mol. The highest BCUT2D eigenvalue weighted by Gasteiger charge is 2.33. The number of halogens is 2. The molecule has 1 N–H and O–H groups in total. The number of rotatable bonds is 10. The molecule has 0 heterocycles.